The highest BCUT2D eigenvalue weighted by molar-refractivity contribution is 7.99. The first-order chi connectivity index (χ1) is 15.8. The molecule has 10 heteroatoms. The molecule has 3 aromatic rings. The van der Waals surface area contributed by atoms with E-state index in [1.54, 1.807) is 60.2 Å². The highest BCUT2D eigenvalue weighted by atomic mass is 35.5. The van der Waals surface area contributed by atoms with E-state index in [2.05, 4.69) is 20.8 Å². The third-order valence-electron chi connectivity index (χ3n) is 4.93. The number of carbonyl (C=O) groups is 2. The summed E-state index contributed by atoms with van der Waals surface area (Å²) in [5.41, 5.74) is 1.08. The number of thioether (sulfide) groups is 1. The zero-order chi connectivity index (χ0) is 24.0. The number of rotatable bonds is 9. The molecule has 0 aliphatic heterocycles. The van der Waals surface area contributed by atoms with E-state index in [-0.39, 0.29) is 29.5 Å². The highest BCUT2D eigenvalue weighted by Crippen LogP contribution is 2.25. The minimum absolute atomic E-state index is 0.0662. The van der Waals surface area contributed by atoms with Crippen molar-refractivity contribution in [3.05, 3.63) is 64.9 Å². The van der Waals surface area contributed by atoms with Crippen LogP contribution < -0.4 is 15.4 Å². The number of nitrogens with zero attached hydrogens (tertiary/aromatic N) is 3. The van der Waals surface area contributed by atoms with Crippen molar-refractivity contribution in [2.75, 3.05) is 18.2 Å². The number of hydrogen-bond donors (Lipinski definition) is 2. The fraction of sp³-hybridized carbons (Fsp3) is 0.304. The number of nitrogens with one attached hydrogen (secondary N) is 2. The van der Waals surface area contributed by atoms with Gasteiger partial charge in [0, 0.05) is 12.6 Å². The van der Waals surface area contributed by atoms with E-state index in [4.69, 9.17) is 16.3 Å². The third-order valence-corrected chi connectivity index (χ3v) is 6.28. The Morgan fingerprint density at radius 2 is 1.82 bits per heavy atom. The Hall–Kier alpha value is -3.04. The van der Waals surface area contributed by atoms with Gasteiger partial charge in [0.2, 0.25) is 5.91 Å². The zero-order valence-corrected chi connectivity index (χ0v) is 20.4. The van der Waals surface area contributed by atoms with Gasteiger partial charge in [0.25, 0.3) is 5.91 Å². The molecule has 0 radical (unpaired) electrons. The lowest BCUT2D eigenvalue weighted by molar-refractivity contribution is -0.113. The summed E-state index contributed by atoms with van der Waals surface area (Å²) in [6.45, 7) is 4.00. The summed E-state index contributed by atoms with van der Waals surface area (Å²) in [5.74, 6) is 1.08. The van der Waals surface area contributed by atoms with Crippen LogP contribution in [0.5, 0.6) is 5.75 Å². The van der Waals surface area contributed by atoms with E-state index in [1.165, 1.54) is 11.8 Å². The van der Waals surface area contributed by atoms with Gasteiger partial charge in [0.1, 0.15) is 5.75 Å². The molecule has 1 aromatic heterocycles. The van der Waals surface area contributed by atoms with Crippen LogP contribution in [0.1, 0.15) is 36.1 Å². The summed E-state index contributed by atoms with van der Waals surface area (Å²) >= 11 is 7.35. The molecule has 0 saturated carbocycles. The standard InChI is InChI=1S/C23H26ClN5O3S/c1-14(2)20(26-22(31)15-9-11-16(32-4)12-10-15)21-27-28-23(29(21)3)33-13-19(30)25-18-8-6-5-7-17(18)24/h5-12,14,20H,13H2,1-4H3,(H,25,30)(H,26,31)/t20-/m0/s1. The Morgan fingerprint density at radius 1 is 1.12 bits per heavy atom. The molecule has 2 aromatic carbocycles. The summed E-state index contributed by atoms with van der Waals surface area (Å²) in [4.78, 5) is 25.1. The molecule has 1 atom stereocenters. The van der Waals surface area contributed by atoms with Gasteiger partial charge in [-0.3, -0.25) is 9.59 Å². The molecule has 8 nitrogen and oxygen atoms in total. The molecule has 1 heterocycles. The molecule has 0 fully saturated rings. The number of para-hydroxylation sites is 1. The average molecular weight is 488 g/mol. The van der Waals surface area contributed by atoms with Crippen molar-refractivity contribution in [2.45, 2.75) is 25.0 Å². The lowest BCUT2D eigenvalue weighted by atomic mass is 10.0. The molecule has 0 spiro atoms. The Bertz CT molecular complexity index is 1120. The van der Waals surface area contributed by atoms with Crippen LogP contribution in [0.2, 0.25) is 5.02 Å². The lowest BCUT2D eigenvalue weighted by Crippen LogP contribution is -2.33. The fourth-order valence-electron chi connectivity index (χ4n) is 3.10. The van der Waals surface area contributed by atoms with Crippen LogP contribution in [0.3, 0.4) is 0 Å². The molecule has 2 amide bonds. The van der Waals surface area contributed by atoms with Crippen molar-refractivity contribution in [2.24, 2.45) is 13.0 Å². The zero-order valence-electron chi connectivity index (χ0n) is 18.8. The summed E-state index contributed by atoms with van der Waals surface area (Å²) < 4.78 is 6.94. The van der Waals surface area contributed by atoms with Crippen LogP contribution in [0, 0.1) is 5.92 Å². The van der Waals surface area contributed by atoms with E-state index in [9.17, 15) is 9.59 Å². The van der Waals surface area contributed by atoms with Gasteiger partial charge in [-0.1, -0.05) is 49.3 Å². The van der Waals surface area contributed by atoms with E-state index >= 15 is 0 Å². The summed E-state index contributed by atoms with van der Waals surface area (Å²) in [7, 11) is 3.40. The van der Waals surface area contributed by atoms with E-state index in [0.29, 0.717) is 33.0 Å². The molecule has 0 unspecified atom stereocenters. The number of halogens is 1. The SMILES string of the molecule is COc1ccc(C(=O)N[C@H](c2nnc(SCC(=O)Nc3ccccc3Cl)n2C)C(C)C)cc1. The second kappa shape index (κ2) is 11.2. The molecular formula is C23H26ClN5O3S. The molecule has 33 heavy (non-hydrogen) atoms. The number of hydrogen-bond acceptors (Lipinski definition) is 6. The van der Waals surface area contributed by atoms with Gasteiger partial charge < -0.3 is 19.9 Å². The molecule has 0 saturated heterocycles. The van der Waals surface area contributed by atoms with Gasteiger partial charge in [-0.15, -0.1) is 10.2 Å². The van der Waals surface area contributed by atoms with Gasteiger partial charge in [-0.2, -0.15) is 0 Å². The van der Waals surface area contributed by atoms with Gasteiger partial charge in [0.05, 0.1) is 29.6 Å². The second-order valence-corrected chi connectivity index (χ2v) is 8.99. The monoisotopic (exact) mass is 487 g/mol. The van der Waals surface area contributed by atoms with Crippen LogP contribution in [0.4, 0.5) is 5.69 Å². The number of ether oxygens (including phenoxy) is 1. The minimum Gasteiger partial charge on any atom is -0.497 e. The molecule has 174 valence electrons. The van der Waals surface area contributed by atoms with Crippen LogP contribution in [0.15, 0.2) is 53.7 Å². The molecular weight excluding hydrogens is 462 g/mol. The molecule has 2 N–H and O–H groups in total. The maximum atomic E-state index is 12.8. The van der Waals surface area contributed by atoms with Crippen molar-refractivity contribution in [1.29, 1.82) is 0 Å². The van der Waals surface area contributed by atoms with E-state index < -0.39 is 0 Å². The number of methoxy groups -OCH3 is 1. The first-order valence-corrected chi connectivity index (χ1v) is 11.7. The molecule has 0 aliphatic rings. The Balaban J connectivity index is 1.66. The average Bonchev–Trinajstić information content (AvgIpc) is 3.17. The number of aromatic nitrogens is 3. The Kier molecular flexibility index (Phi) is 8.35. The van der Waals surface area contributed by atoms with Gasteiger partial charge >= 0.3 is 0 Å². The van der Waals surface area contributed by atoms with Crippen molar-refractivity contribution in [3.8, 4) is 5.75 Å². The first-order valence-electron chi connectivity index (χ1n) is 10.3. The minimum atomic E-state index is -0.358. The van der Waals surface area contributed by atoms with E-state index in [1.807, 2.05) is 20.9 Å². The lowest BCUT2D eigenvalue weighted by Gasteiger charge is -2.21. The topological polar surface area (TPSA) is 98.1 Å². The second-order valence-electron chi connectivity index (χ2n) is 7.64. The number of benzene rings is 2. The van der Waals surface area contributed by atoms with Gasteiger partial charge in [-0.25, -0.2) is 0 Å². The number of amides is 2. The van der Waals surface area contributed by atoms with Crippen LogP contribution >= 0.6 is 23.4 Å². The van der Waals surface area contributed by atoms with Gasteiger partial charge in [0.15, 0.2) is 11.0 Å². The van der Waals surface area contributed by atoms with Crippen molar-refractivity contribution < 1.29 is 14.3 Å². The summed E-state index contributed by atoms with van der Waals surface area (Å²) in [6, 6.07) is 13.6. The molecule has 0 aliphatic carbocycles. The predicted molar refractivity (Wildman–Crippen MR) is 130 cm³/mol. The predicted octanol–water partition coefficient (Wildman–Crippen LogP) is 4.34. The highest BCUT2D eigenvalue weighted by Gasteiger charge is 2.25. The van der Waals surface area contributed by atoms with Gasteiger partial charge in [-0.05, 0) is 42.3 Å². The summed E-state index contributed by atoms with van der Waals surface area (Å²) in [5, 5.41) is 15.4. The smallest absolute Gasteiger partial charge is 0.251 e. The third kappa shape index (κ3) is 6.27. The normalized spacial score (nSPS) is 11.8. The van der Waals surface area contributed by atoms with Crippen molar-refractivity contribution in [1.82, 2.24) is 20.1 Å². The van der Waals surface area contributed by atoms with Crippen molar-refractivity contribution >= 4 is 40.9 Å². The first kappa shape index (κ1) is 24.6. The van der Waals surface area contributed by atoms with Crippen molar-refractivity contribution in [3.63, 3.8) is 0 Å². The maximum absolute atomic E-state index is 12.8. The van der Waals surface area contributed by atoms with Crippen LogP contribution in [0.25, 0.3) is 0 Å². The largest absolute Gasteiger partial charge is 0.497 e. The fourth-order valence-corrected chi connectivity index (χ4v) is 4.00. The van der Waals surface area contributed by atoms with Crippen LogP contribution in [-0.2, 0) is 11.8 Å². The Morgan fingerprint density at radius 3 is 2.45 bits per heavy atom. The Labute approximate surface area is 202 Å². The maximum Gasteiger partial charge on any atom is 0.251 e. The summed E-state index contributed by atoms with van der Waals surface area (Å²) in [6.07, 6.45) is 0. The quantitative estimate of drug-likeness (QED) is 0.436. The molecule has 0 bridgehead atoms. The number of anilines is 1. The molecule has 3 rings (SSSR count). The number of carbonyl (C=O) groups excluding carboxylic acids is 2. The van der Waals surface area contributed by atoms with Crippen LogP contribution in [-0.4, -0.2) is 39.4 Å². The van der Waals surface area contributed by atoms with E-state index in [0.717, 1.165) is 0 Å².